The Kier molecular flexibility index (Phi) is 8.13. The van der Waals surface area contributed by atoms with Crippen molar-refractivity contribution >= 4 is 0 Å². The zero-order valence-electron chi connectivity index (χ0n) is 13.5. The van der Waals surface area contributed by atoms with Gasteiger partial charge >= 0.3 is 0 Å². The van der Waals surface area contributed by atoms with Crippen molar-refractivity contribution in [2.75, 3.05) is 39.9 Å². The third kappa shape index (κ3) is 7.84. The van der Waals surface area contributed by atoms with E-state index in [1.165, 1.54) is 12.8 Å². The molecule has 1 atom stereocenters. The molecule has 0 heterocycles. The monoisotopic (exact) mass is 281 g/mol. The second kappa shape index (κ2) is 9.33. The zero-order chi connectivity index (χ0) is 14.8. The van der Waals surface area contributed by atoms with Crippen LogP contribution in [-0.2, 0) is 4.74 Å². The summed E-state index contributed by atoms with van der Waals surface area (Å²) >= 11 is 0. The molecule has 0 amide bonds. The number of hydrogen-bond acceptors (Lipinski definition) is 4. The molecule has 0 bridgehead atoms. The first-order valence-corrected chi connectivity index (χ1v) is 8.02. The Bertz CT molecular complexity index is 299. The fraction of sp³-hybridized carbons (Fsp3) is 0.938. The molecule has 1 fully saturated rings. The molecule has 0 aromatic heterocycles. The number of nitriles is 1. The largest absolute Gasteiger partial charge is 0.380 e. The number of nitrogens with one attached hydrogen (secondary N) is 1. The Labute approximate surface area is 124 Å². The maximum absolute atomic E-state index is 9.26. The van der Waals surface area contributed by atoms with Gasteiger partial charge in [-0.1, -0.05) is 6.92 Å². The van der Waals surface area contributed by atoms with E-state index >= 15 is 0 Å². The van der Waals surface area contributed by atoms with Crippen LogP contribution in [0.3, 0.4) is 0 Å². The molecule has 20 heavy (non-hydrogen) atoms. The van der Waals surface area contributed by atoms with Gasteiger partial charge in [0.05, 0.1) is 12.7 Å². The first-order chi connectivity index (χ1) is 9.59. The van der Waals surface area contributed by atoms with Crippen LogP contribution < -0.4 is 5.32 Å². The second-order valence-corrected chi connectivity index (χ2v) is 6.30. The highest BCUT2D eigenvalue weighted by atomic mass is 16.5. The minimum absolute atomic E-state index is 0.376. The molecule has 4 heteroatoms. The van der Waals surface area contributed by atoms with E-state index < -0.39 is 0 Å². The minimum Gasteiger partial charge on any atom is -0.380 e. The van der Waals surface area contributed by atoms with Crippen molar-refractivity contribution in [3.8, 4) is 6.07 Å². The SMILES string of the molecule is CCCNC(C)(C#N)CCCN(C)CCOCC1CC1. The normalized spacial score (nSPS) is 17.9. The van der Waals surface area contributed by atoms with Crippen LogP contribution in [0.4, 0.5) is 0 Å². The van der Waals surface area contributed by atoms with Crippen molar-refractivity contribution in [2.45, 2.75) is 51.5 Å². The third-order valence-corrected chi connectivity index (χ3v) is 3.90. The van der Waals surface area contributed by atoms with Crippen LogP contribution >= 0.6 is 0 Å². The van der Waals surface area contributed by atoms with Gasteiger partial charge in [-0.25, -0.2) is 0 Å². The van der Waals surface area contributed by atoms with Gasteiger partial charge < -0.3 is 9.64 Å². The molecule has 0 spiro atoms. The molecular weight excluding hydrogens is 250 g/mol. The lowest BCUT2D eigenvalue weighted by molar-refractivity contribution is 0.103. The van der Waals surface area contributed by atoms with E-state index in [2.05, 4.69) is 30.3 Å². The van der Waals surface area contributed by atoms with Crippen molar-refractivity contribution < 1.29 is 4.74 Å². The summed E-state index contributed by atoms with van der Waals surface area (Å²) < 4.78 is 5.64. The summed E-state index contributed by atoms with van der Waals surface area (Å²) in [4.78, 5) is 2.30. The highest BCUT2D eigenvalue weighted by Crippen LogP contribution is 2.28. The summed E-state index contributed by atoms with van der Waals surface area (Å²) in [6, 6.07) is 2.40. The average molecular weight is 281 g/mol. The number of rotatable bonds is 12. The lowest BCUT2D eigenvalue weighted by Crippen LogP contribution is -2.42. The Morgan fingerprint density at radius 3 is 2.75 bits per heavy atom. The van der Waals surface area contributed by atoms with E-state index in [0.717, 1.165) is 58.0 Å². The standard InChI is InChI=1S/C16H31N3O/c1-4-9-18-16(2,14-17)8-5-10-19(3)11-12-20-13-15-6-7-15/h15,18H,4-13H2,1-3H3. The topological polar surface area (TPSA) is 48.3 Å². The van der Waals surface area contributed by atoms with Crippen LogP contribution in [-0.4, -0.2) is 50.3 Å². The van der Waals surface area contributed by atoms with Crippen molar-refractivity contribution in [1.29, 1.82) is 5.26 Å². The second-order valence-electron chi connectivity index (χ2n) is 6.30. The van der Waals surface area contributed by atoms with Gasteiger partial charge in [0.15, 0.2) is 0 Å². The summed E-state index contributed by atoms with van der Waals surface area (Å²) in [7, 11) is 2.13. The van der Waals surface area contributed by atoms with Gasteiger partial charge in [-0.15, -0.1) is 0 Å². The number of hydrogen-bond donors (Lipinski definition) is 1. The van der Waals surface area contributed by atoms with Gasteiger partial charge in [0.25, 0.3) is 0 Å². The molecule has 0 saturated heterocycles. The number of nitrogens with zero attached hydrogens (tertiary/aromatic N) is 2. The van der Waals surface area contributed by atoms with Crippen molar-refractivity contribution in [1.82, 2.24) is 10.2 Å². The molecule has 0 aromatic carbocycles. The first kappa shape index (κ1) is 17.4. The van der Waals surface area contributed by atoms with Crippen LogP contribution in [0.1, 0.15) is 46.0 Å². The molecule has 1 aliphatic carbocycles. The van der Waals surface area contributed by atoms with Crippen LogP contribution in [0.2, 0.25) is 0 Å². The Hall–Kier alpha value is -0.630. The Morgan fingerprint density at radius 2 is 2.15 bits per heavy atom. The van der Waals surface area contributed by atoms with E-state index in [4.69, 9.17) is 4.74 Å². The Balaban J connectivity index is 2.03. The van der Waals surface area contributed by atoms with Gasteiger partial charge in [-0.2, -0.15) is 5.26 Å². The summed E-state index contributed by atoms with van der Waals surface area (Å²) in [6.45, 7) is 8.82. The quantitative estimate of drug-likeness (QED) is 0.558. The van der Waals surface area contributed by atoms with Gasteiger partial charge in [-0.05, 0) is 65.1 Å². The van der Waals surface area contributed by atoms with Crippen LogP contribution in [0, 0.1) is 17.2 Å². The summed E-state index contributed by atoms with van der Waals surface area (Å²) in [5, 5.41) is 12.6. The average Bonchev–Trinajstić information content (AvgIpc) is 3.25. The summed E-state index contributed by atoms with van der Waals surface area (Å²) in [5.41, 5.74) is -0.376. The van der Waals surface area contributed by atoms with Crippen LogP contribution in [0.5, 0.6) is 0 Å². The highest BCUT2D eigenvalue weighted by molar-refractivity contribution is 5.03. The molecule has 1 unspecified atom stereocenters. The van der Waals surface area contributed by atoms with Gasteiger partial charge in [0.1, 0.15) is 5.54 Å². The van der Waals surface area contributed by atoms with Crippen molar-refractivity contribution in [3.05, 3.63) is 0 Å². The minimum atomic E-state index is -0.376. The molecule has 1 rings (SSSR count). The van der Waals surface area contributed by atoms with E-state index in [1.807, 2.05) is 6.92 Å². The lowest BCUT2D eigenvalue weighted by atomic mass is 9.97. The smallest absolute Gasteiger partial charge is 0.103 e. The molecular formula is C16H31N3O. The maximum atomic E-state index is 9.26. The predicted molar refractivity (Wildman–Crippen MR) is 82.6 cm³/mol. The molecule has 0 radical (unpaired) electrons. The third-order valence-electron chi connectivity index (χ3n) is 3.90. The van der Waals surface area contributed by atoms with Crippen molar-refractivity contribution in [2.24, 2.45) is 5.92 Å². The molecule has 0 aliphatic heterocycles. The van der Waals surface area contributed by atoms with Gasteiger partial charge in [-0.3, -0.25) is 5.32 Å². The summed E-state index contributed by atoms with van der Waals surface area (Å²) in [5.74, 6) is 0.848. The lowest BCUT2D eigenvalue weighted by Gasteiger charge is -2.24. The highest BCUT2D eigenvalue weighted by Gasteiger charge is 2.22. The first-order valence-electron chi connectivity index (χ1n) is 8.02. The summed E-state index contributed by atoms with van der Waals surface area (Å²) in [6.07, 6.45) is 5.72. The molecule has 1 saturated carbocycles. The van der Waals surface area contributed by atoms with Gasteiger partial charge in [0, 0.05) is 13.2 Å². The van der Waals surface area contributed by atoms with Crippen LogP contribution in [0.15, 0.2) is 0 Å². The maximum Gasteiger partial charge on any atom is 0.103 e. The van der Waals surface area contributed by atoms with E-state index in [0.29, 0.717) is 0 Å². The zero-order valence-corrected chi connectivity index (χ0v) is 13.5. The molecule has 1 N–H and O–H groups in total. The fourth-order valence-electron chi connectivity index (χ4n) is 2.15. The Morgan fingerprint density at radius 1 is 1.40 bits per heavy atom. The molecule has 0 aromatic rings. The predicted octanol–water partition coefficient (Wildman–Crippen LogP) is 2.41. The number of ether oxygens (including phenoxy) is 1. The molecule has 1 aliphatic rings. The van der Waals surface area contributed by atoms with Crippen molar-refractivity contribution in [3.63, 3.8) is 0 Å². The molecule has 116 valence electrons. The van der Waals surface area contributed by atoms with Crippen LogP contribution in [0.25, 0.3) is 0 Å². The van der Waals surface area contributed by atoms with E-state index in [-0.39, 0.29) is 5.54 Å². The molecule has 4 nitrogen and oxygen atoms in total. The fourth-order valence-corrected chi connectivity index (χ4v) is 2.15. The number of likely N-dealkylation sites (N-methyl/N-ethyl adjacent to an activating group) is 1. The van der Waals surface area contributed by atoms with Gasteiger partial charge in [0.2, 0.25) is 0 Å². The van der Waals surface area contributed by atoms with E-state index in [9.17, 15) is 5.26 Å². The van der Waals surface area contributed by atoms with E-state index in [1.54, 1.807) is 0 Å².